The number of hydrogen-bond acceptors (Lipinski definition) is 3. The van der Waals surface area contributed by atoms with Gasteiger partial charge in [0.05, 0.1) is 4.47 Å². The zero-order valence-corrected chi connectivity index (χ0v) is 14.0. The Kier molecular flexibility index (Phi) is 4.12. The maximum absolute atomic E-state index is 5.36. The van der Waals surface area contributed by atoms with Crippen molar-refractivity contribution in [1.82, 2.24) is 15.0 Å². The largest absolute Gasteiger partial charge is 0.341 e. The zero-order valence-electron chi connectivity index (χ0n) is 11.6. The number of aromatic nitrogens is 3. The SMILES string of the molecule is CCCc1[nH]c(-c2nccc3ccccc23)nc(=S)c1Br. The number of nitrogens with zero attached hydrogens (tertiary/aromatic N) is 2. The van der Waals surface area contributed by atoms with Gasteiger partial charge in [0.25, 0.3) is 0 Å². The fourth-order valence-corrected chi connectivity index (χ4v) is 2.95. The molecule has 1 aromatic carbocycles. The van der Waals surface area contributed by atoms with E-state index in [-0.39, 0.29) is 0 Å². The number of aromatic amines is 1. The van der Waals surface area contributed by atoms with Crippen molar-refractivity contribution < 1.29 is 0 Å². The summed E-state index contributed by atoms with van der Waals surface area (Å²) in [6.45, 7) is 2.14. The highest BCUT2D eigenvalue weighted by atomic mass is 79.9. The van der Waals surface area contributed by atoms with Gasteiger partial charge in [0.1, 0.15) is 10.3 Å². The standard InChI is InChI=1S/C16H14BrN3S/c1-2-5-12-13(17)16(21)20-15(19-12)14-11-7-4-3-6-10(11)8-9-18-14/h3-4,6-9H,2,5H2,1H3,(H,19,20,21). The molecule has 0 bridgehead atoms. The third-order valence-electron chi connectivity index (χ3n) is 3.33. The molecule has 0 atom stereocenters. The minimum Gasteiger partial charge on any atom is -0.341 e. The number of pyridine rings is 1. The molecule has 0 aliphatic heterocycles. The van der Waals surface area contributed by atoms with Crippen LogP contribution in [0, 0.1) is 4.64 Å². The molecule has 2 aromatic heterocycles. The number of halogens is 1. The van der Waals surface area contributed by atoms with E-state index in [4.69, 9.17) is 12.2 Å². The molecule has 0 unspecified atom stereocenters. The summed E-state index contributed by atoms with van der Waals surface area (Å²) in [7, 11) is 0. The molecule has 0 radical (unpaired) electrons. The van der Waals surface area contributed by atoms with Gasteiger partial charge in [-0.25, -0.2) is 4.98 Å². The maximum Gasteiger partial charge on any atom is 0.158 e. The van der Waals surface area contributed by atoms with Crippen molar-refractivity contribution in [3.63, 3.8) is 0 Å². The first-order valence-corrected chi connectivity index (χ1v) is 8.03. The van der Waals surface area contributed by atoms with Crippen molar-refractivity contribution in [3.05, 3.63) is 51.3 Å². The van der Waals surface area contributed by atoms with E-state index < -0.39 is 0 Å². The third-order valence-corrected chi connectivity index (χ3v) is 4.75. The number of benzene rings is 1. The first kappa shape index (κ1) is 14.4. The molecule has 0 amide bonds. The highest BCUT2D eigenvalue weighted by Gasteiger charge is 2.11. The number of fused-ring (bicyclic) bond motifs is 1. The smallest absolute Gasteiger partial charge is 0.158 e. The summed E-state index contributed by atoms with van der Waals surface area (Å²) in [4.78, 5) is 12.4. The van der Waals surface area contributed by atoms with Gasteiger partial charge in [0.2, 0.25) is 0 Å². The Morgan fingerprint density at radius 3 is 2.86 bits per heavy atom. The van der Waals surface area contributed by atoms with Crippen LogP contribution in [0.5, 0.6) is 0 Å². The van der Waals surface area contributed by atoms with Gasteiger partial charge in [-0.05, 0) is 33.8 Å². The van der Waals surface area contributed by atoms with Crippen LogP contribution >= 0.6 is 28.1 Å². The van der Waals surface area contributed by atoms with E-state index in [9.17, 15) is 0 Å². The van der Waals surface area contributed by atoms with Gasteiger partial charge in [-0.2, -0.15) is 0 Å². The molecule has 106 valence electrons. The van der Waals surface area contributed by atoms with Crippen LogP contribution in [0.15, 0.2) is 41.0 Å². The number of H-pyrrole nitrogens is 1. The molecule has 0 fully saturated rings. The highest BCUT2D eigenvalue weighted by Crippen LogP contribution is 2.26. The molecule has 2 heterocycles. The molecule has 3 rings (SSSR count). The Hall–Kier alpha value is -1.59. The van der Waals surface area contributed by atoms with Gasteiger partial charge in [0.15, 0.2) is 5.82 Å². The van der Waals surface area contributed by atoms with Crippen molar-refractivity contribution in [2.45, 2.75) is 19.8 Å². The van der Waals surface area contributed by atoms with Crippen molar-refractivity contribution in [1.29, 1.82) is 0 Å². The van der Waals surface area contributed by atoms with E-state index in [2.05, 4.69) is 49.9 Å². The predicted octanol–water partition coefficient (Wildman–Crippen LogP) is 5.07. The van der Waals surface area contributed by atoms with Gasteiger partial charge >= 0.3 is 0 Å². The minimum absolute atomic E-state index is 0.571. The number of rotatable bonds is 3. The second-order valence-electron chi connectivity index (χ2n) is 4.81. The van der Waals surface area contributed by atoms with Crippen LogP contribution in [0.4, 0.5) is 0 Å². The molecule has 0 aliphatic rings. The van der Waals surface area contributed by atoms with E-state index in [1.165, 1.54) is 0 Å². The molecule has 0 spiro atoms. The van der Waals surface area contributed by atoms with E-state index in [0.29, 0.717) is 4.64 Å². The average Bonchev–Trinajstić information content (AvgIpc) is 2.51. The van der Waals surface area contributed by atoms with Crippen LogP contribution in [0.3, 0.4) is 0 Å². The molecule has 3 aromatic rings. The molecule has 0 saturated carbocycles. The Labute approximate surface area is 136 Å². The van der Waals surface area contributed by atoms with Gasteiger partial charge < -0.3 is 4.98 Å². The molecule has 3 nitrogen and oxygen atoms in total. The van der Waals surface area contributed by atoms with Crippen LogP contribution in [-0.2, 0) is 6.42 Å². The molecular formula is C16H14BrN3S. The number of aryl methyl sites for hydroxylation is 1. The lowest BCUT2D eigenvalue weighted by molar-refractivity contribution is 0.864. The Bertz CT molecular complexity index is 852. The van der Waals surface area contributed by atoms with E-state index in [1.807, 2.05) is 18.2 Å². The van der Waals surface area contributed by atoms with Gasteiger partial charge in [0, 0.05) is 17.3 Å². The van der Waals surface area contributed by atoms with Crippen LogP contribution in [0.2, 0.25) is 0 Å². The molecule has 1 N–H and O–H groups in total. The van der Waals surface area contributed by atoms with Crippen molar-refractivity contribution in [2.24, 2.45) is 0 Å². The first-order valence-electron chi connectivity index (χ1n) is 6.83. The van der Waals surface area contributed by atoms with Crippen LogP contribution < -0.4 is 0 Å². The van der Waals surface area contributed by atoms with Crippen molar-refractivity contribution in [2.75, 3.05) is 0 Å². The number of hydrogen-bond donors (Lipinski definition) is 1. The lowest BCUT2D eigenvalue weighted by Gasteiger charge is -2.09. The van der Waals surface area contributed by atoms with Crippen LogP contribution in [-0.4, -0.2) is 15.0 Å². The van der Waals surface area contributed by atoms with Crippen LogP contribution in [0.25, 0.3) is 22.3 Å². The van der Waals surface area contributed by atoms with Gasteiger partial charge in [-0.1, -0.05) is 49.8 Å². The number of nitrogens with one attached hydrogen (secondary N) is 1. The average molecular weight is 360 g/mol. The summed E-state index contributed by atoms with van der Waals surface area (Å²) in [5.41, 5.74) is 1.91. The summed E-state index contributed by atoms with van der Waals surface area (Å²) in [6.07, 6.45) is 3.76. The van der Waals surface area contributed by atoms with Gasteiger partial charge in [-0.3, -0.25) is 4.98 Å². The summed E-state index contributed by atoms with van der Waals surface area (Å²) in [6, 6.07) is 10.2. The van der Waals surface area contributed by atoms with E-state index in [1.54, 1.807) is 6.20 Å². The molecule has 0 aliphatic carbocycles. The maximum atomic E-state index is 5.36. The van der Waals surface area contributed by atoms with Crippen molar-refractivity contribution in [3.8, 4) is 11.5 Å². The Morgan fingerprint density at radius 1 is 1.24 bits per heavy atom. The van der Waals surface area contributed by atoms with Crippen LogP contribution in [0.1, 0.15) is 19.0 Å². The molecule has 21 heavy (non-hydrogen) atoms. The van der Waals surface area contributed by atoms with Crippen molar-refractivity contribution >= 4 is 38.9 Å². The minimum atomic E-state index is 0.571. The second kappa shape index (κ2) is 6.03. The fraction of sp³-hybridized carbons (Fsp3) is 0.188. The topological polar surface area (TPSA) is 41.6 Å². The van der Waals surface area contributed by atoms with E-state index in [0.717, 1.165) is 45.3 Å². The summed E-state index contributed by atoms with van der Waals surface area (Å²) in [5, 5.41) is 2.21. The summed E-state index contributed by atoms with van der Waals surface area (Å²) in [5.74, 6) is 0.725. The highest BCUT2D eigenvalue weighted by molar-refractivity contribution is 9.10. The fourth-order valence-electron chi connectivity index (χ4n) is 2.35. The van der Waals surface area contributed by atoms with E-state index >= 15 is 0 Å². The first-order chi connectivity index (χ1) is 10.2. The zero-order chi connectivity index (χ0) is 14.8. The quantitative estimate of drug-likeness (QED) is 0.663. The monoisotopic (exact) mass is 359 g/mol. The summed E-state index contributed by atoms with van der Waals surface area (Å²) >= 11 is 8.88. The predicted molar refractivity (Wildman–Crippen MR) is 91.9 cm³/mol. The Morgan fingerprint density at radius 2 is 2.05 bits per heavy atom. The second-order valence-corrected chi connectivity index (χ2v) is 5.99. The summed E-state index contributed by atoms with van der Waals surface area (Å²) < 4.78 is 1.45. The normalized spacial score (nSPS) is 11.0. The molecule has 5 heteroatoms. The Balaban J connectivity index is 2.26. The lowest BCUT2D eigenvalue weighted by Crippen LogP contribution is -2.00. The lowest BCUT2D eigenvalue weighted by atomic mass is 10.1. The molecular weight excluding hydrogens is 346 g/mol. The third kappa shape index (κ3) is 2.76. The van der Waals surface area contributed by atoms with Gasteiger partial charge in [-0.15, -0.1) is 0 Å². The molecule has 0 saturated heterocycles.